The Labute approximate surface area is 138 Å². The van der Waals surface area contributed by atoms with Crippen molar-refractivity contribution in [1.29, 1.82) is 0 Å². The first kappa shape index (κ1) is 17.8. The van der Waals surface area contributed by atoms with Gasteiger partial charge in [0.05, 0.1) is 5.92 Å². The molecular formula is C17H29N3O3. The molecule has 2 aliphatic heterocycles. The van der Waals surface area contributed by atoms with Crippen LogP contribution in [0.15, 0.2) is 0 Å². The van der Waals surface area contributed by atoms with Gasteiger partial charge in [-0.25, -0.2) is 0 Å². The molecule has 0 aliphatic carbocycles. The van der Waals surface area contributed by atoms with Crippen molar-refractivity contribution in [2.24, 2.45) is 11.8 Å². The van der Waals surface area contributed by atoms with Crippen LogP contribution < -0.4 is 5.32 Å². The first-order valence-electron chi connectivity index (χ1n) is 8.68. The van der Waals surface area contributed by atoms with Crippen LogP contribution in [0.3, 0.4) is 0 Å². The van der Waals surface area contributed by atoms with Crippen molar-refractivity contribution in [2.75, 3.05) is 19.6 Å². The Morgan fingerprint density at radius 1 is 1.13 bits per heavy atom. The SMILES string of the molecule is CC(C)C(=O)NC1CCN(C(=O)C2CC(=O)N(C(C)C)C2)CC1. The molecule has 2 rings (SSSR count). The molecule has 0 aromatic heterocycles. The van der Waals surface area contributed by atoms with Gasteiger partial charge in [-0.15, -0.1) is 0 Å². The number of hydrogen-bond donors (Lipinski definition) is 1. The van der Waals surface area contributed by atoms with Gasteiger partial charge >= 0.3 is 0 Å². The quantitative estimate of drug-likeness (QED) is 0.839. The van der Waals surface area contributed by atoms with Crippen LogP contribution in [0.5, 0.6) is 0 Å². The van der Waals surface area contributed by atoms with Crippen molar-refractivity contribution in [3.05, 3.63) is 0 Å². The number of nitrogens with zero attached hydrogens (tertiary/aromatic N) is 2. The van der Waals surface area contributed by atoms with Crippen LogP contribution in [-0.4, -0.2) is 59.2 Å². The average Bonchev–Trinajstić information content (AvgIpc) is 2.89. The molecule has 3 amide bonds. The normalized spacial score (nSPS) is 23.0. The molecule has 0 bridgehead atoms. The van der Waals surface area contributed by atoms with Gasteiger partial charge in [0.15, 0.2) is 0 Å². The van der Waals surface area contributed by atoms with Crippen LogP contribution >= 0.6 is 0 Å². The van der Waals surface area contributed by atoms with E-state index < -0.39 is 0 Å². The zero-order chi connectivity index (χ0) is 17.1. The second-order valence-corrected chi connectivity index (χ2v) is 7.30. The van der Waals surface area contributed by atoms with Crippen molar-refractivity contribution < 1.29 is 14.4 Å². The van der Waals surface area contributed by atoms with Gasteiger partial charge in [0.1, 0.15) is 0 Å². The Hall–Kier alpha value is -1.59. The van der Waals surface area contributed by atoms with E-state index in [1.165, 1.54) is 0 Å². The van der Waals surface area contributed by atoms with Gasteiger partial charge in [-0.1, -0.05) is 13.8 Å². The monoisotopic (exact) mass is 323 g/mol. The molecule has 1 N–H and O–H groups in total. The fourth-order valence-electron chi connectivity index (χ4n) is 3.27. The Morgan fingerprint density at radius 2 is 1.74 bits per heavy atom. The Balaban J connectivity index is 1.82. The fraction of sp³-hybridized carbons (Fsp3) is 0.824. The second kappa shape index (κ2) is 7.32. The highest BCUT2D eigenvalue weighted by atomic mass is 16.2. The standard InChI is InChI=1S/C17H29N3O3/c1-11(2)16(22)18-14-5-7-19(8-6-14)17(23)13-9-15(21)20(10-13)12(3)4/h11-14H,5-10H2,1-4H3,(H,18,22). The van der Waals surface area contributed by atoms with Gasteiger partial charge in [-0.3, -0.25) is 14.4 Å². The third kappa shape index (κ3) is 4.24. The minimum Gasteiger partial charge on any atom is -0.353 e. The van der Waals surface area contributed by atoms with E-state index in [9.17, 15) is 14.4 Å². The number of hydrogen-bond acceptors (Lipinski definition) is 3. The summed E-state index contributed by atoms with van der Waals surface area (Å²) in [4.78, 5) is 40.0. The van der Waals surface area contributed by atoms with Crippen molar-refractivity contribution in [3.63, 3.8) is 0 Å². The summed E-state index contributed by atoms with van der Waals surface area (Å²) >= 11 is 0. The minimum atomic E-state index is -0.202. The smallest absolute Gasteiger partial charge is 0.227 e. The molecule has 1 atom stereocenters. The van der Waals surface area contributed by atoms with Gasteiger partial charge in [0.2, 0.25) is 17.7 Å². The number of nitrogens with one attached hydrogen (secondary N) is 1. The summed E-state index contributed by atoms with van der Waals surface area (Å²) in [5.74, 6) is 0.0317. The summed E-state index contributed by atoms with van der Waals surface area (Å²) < 4.78 is 0. The minimum absolute atomic E-state index is 0.0128. The number of carbonyl (C=O) groups is 3. The van der Waals surface area contributed by atoms with Gasteiger partial charge in [0.25, 0.3) is 0 Å². The third-order valence-electron chi connectivity index (χ3n) is 4.81. The van der Waals surface area contributed by atoms with Gasteiger partial charge < -0.3 is 15.1 Å². The molecule has 0 saturated carbocycles. The van der Waals surface area contributed by atoms with E-state index in [0.717, 1.165) is 12.8 Å². The molecule has 2 aliphatic rings. The Kier molecular flexibility index (Phi) is 5.65. The van der Waals surface area contributed by atoms with E-state index in [2.05, 4.69) is 5.32 Å². The lowest BCUT2D eigenvalue weighted by Gasteiger charge is -2.34. The average molecular weight is 323 g/mol. The highest BCUT2D eigenvalue weighted by molar-refractivity contribution is 5.89. The maximum Gasteiger partial charge on any atom is 0.227 e. The predicted octanol–water partition coefficient (Wildman–Crippen LogP) is 1.01. The van der Waals surface area contributed by atoms with E-state index in [-0.39, 0.29) is 41.6 Å². The summed E-state index contributed by atoms with van der Waals surface area (Å²) in [5, 5.41) is 3.04. The lowest BCUT2D eigenvalue weighted by molar-refractivity contribution is -0.137. The van der Waals surface area contributed by atoms with E-state index in [4.69, 9.17) is 0 Å². The molecule has 2 heterocycles. The zero-order valence-corrected chi connectivity index (χ0v) is 14.7. The molecule has 0 aromatic carbocycles. The second-order valence-electron chi connectivity index (χ2n) is 7.30. The summed E-state index contributed by atoms with van der Waals surface area (Å²) in [7, 11) is 0. The molecular weight excluding hydrogens is 294 g/mol. The highest BCUT2D eigenvalue weighted by Gasteiger charge is 2.38. The van der Waals surface area contributed by atoms with Crippen molar-refractivity contribution in [2.45, 2.75) is 59.0 Å². The van der Waals surface area contributed by atoms with E-state index in [0.29, 0.717) is 26.1 Å². The van der Waals surface area contributed by atoms with E-state index in [1.54, 1.807) is 4.90 Å². The first-order valence-corrected chi connectivity index (χ1v) is 8.68. The number of amides is 3. The third-order valence-corrected chi connectivity index (χ3v) is 4.81. The van der Waals surface area contributed by atoms with Crippen LogP contribution in [0, 0.1) is 11.8 Å². The summed E-state index contributed by atoms with van der Waals surface area (Å²) in [6.07, 6.45) is 1.92. The van der Waals surface area contributed by atoms with Crippen molar-refractivity contribution in [3.8, 4) is 0 Å². The van der Waals surface area contributed by atoms with Gasteiger partial charge in [-0.05, 0) is 26.7 Å². The predicted molar refractivity (Wildman–Crippen MR) is 87.5 cm³/mol. The molecule has 23 heavy (non-hydrogen) atoms. The van der Waals surface area contributed by atoms with Crippen molar-refractivity contribution in [1.82, 2.24) is 15.1 Å². The molecule has 2 fully saturated rings. The zero-order valence-electron chi connectivity index (χ0n) is 14.7. The maximum atomic E-state index is 12.6. The molecule has 2 saturated heterocycles. The Morgan fingerprint density at radius 3 is 2.22 bits per heavy atom. The van der Waals surface area contributed by atoms with E-state index in [1.807, 2.05) is 32.6 Å². The lowest BCUT2D eigenvalue weighted by atomic mass is 10.0. The van der Waals surface area contributed by atoms with Crippen LogP contribution in [0.2, 0.25) is 0 Å². The first-order chi connectivity index (χ1) is 10.8. The summed E-state index contributed by atoms with van der Waals surface area (Å²) in [5.41, 5.74) is 0. The van der Waals surface area contributed by atoms with Crippen molar-refractivity contribution >= 4 is 17.7 Å². The largest absolute Gasteiger partial charge is 0.353 e. The Bertz CT molecular complexity index is 468. The molecule has 0 spiro atoms. The molecule has 0 radical (unpaired) electrons. The molecule has 1 unspecified atom stereocenters. The molecule has 130 valence electrons. The summed E-state index contributed by atoms with van der Waals surface area (Å²) in [6.45, 7) is 9.58. The molecule has 6 nitrogen and oxygen atoms in total. The number of carbonyl (C=O) groups excluding carboxylic acids is 3. The number of likely N-dealkylation sites (tertiary alicyclic amines) is 2. The number of rotatable bonds is 4. The van der Waals surface area contributed by atoms with Crippen LogP contribution in [-0.2, 0) is 14.4 Å². The molecule has 0 aromatic rings. The van der Waals surface area contributed by atoms with Crippen LogP contribution in [0.25, 0.3) is 0 Å². The number of piperidine rings is 1. The van der Waals surface area contributed by atoms with Gasteiger partial charge in [-0.2, -0.15) is 0 Å². The molecule has 6 heteroatoms. The fourth-order valence-corrected chi connectivity index (χ4v) is 3.27. The van der Waals surface area contributed by atoms with Gasteiger partial charge in [0, 0.05) is 44.1 Å². The maximum absolute atomic E-state index is 12.6. The van der Waals surface area contributed by atoms with Crippen LogP contribution in [0.1, 0.15) is 47.0 Å². The lowest BCUT2D eigenvalue weighted by Crippen LogP contribution is -2.49. The highest BCUT2D eigenvalue weighted by Crippen LogP contribution is 2.23. The van der Waals surface area contributed by atoms with Crippen LogP contribution in [0.4, 0.5) is 0 Å². The topological polar surface area (TPSA) is 69.7 Å². The van der Waals surface area contributed by atoms with E-state index >= 15 is 0 Å². The summed E-state index contributed by atoms with van der Waals surface area (Å²) in [6, 6.07) is 0.309.